The molecule has 0 fully saturated rings. The first-order valence-corrected chi connectivity index (χ1v) is 17.3. The molecule has 0 amide bonds. The molecule has 1 heteroatoms. The van der Waals surface area contributed by atoms with E-state index >= 15 is 0 Å². The van der Waals surface area contributed by atoms with E-state index < -0.39 is 5.41 Å². The number of hydrogen-bond acceptors (Lipinski definition) is 1. The summed E-state index contributed by atoms with van der Waals surface area (Å²) in [4.78, 5) is 2.46. The lowest BCUT2D eigenvalue weighted by atomic mass is 9.67. The lowest BCUT2D eigenvalue weighted by Crippen LogP contribution is -2.30. The van der Waals surface area contributed by atoms with Crippen LogP contribution in [-0.2, 0) is 5.41 Å². The summed E-state index contributed by atoms with van der Waals surface area (Å²) in [5.74, 6) is 0. The summed E-state index contributed by atoms with van der Waals surface area (Å²) in [6, 6.07) is 77.2. The van der Waals surface area contributed by atoms with Gasteiger partial charge in [-0.3, -0.25) is 0 Å². The second-order valence-corrected chi connectivity index (χ2v) is 12.9. The third kappa shape index (κ3) is 4.86. The highest BCUT2D eigenvalue weighted by atomic mass is 15.1. The topological polar surface area (TPSA) is 3.24 Å². The third-order valence-electron chi connectivity index (χ3n) is 10.1. The molecule has 8 aromatic carbocycles. The molecule has 0 heterocycles. The van der Waals surface area contributed by atoms with Gasteiger partial charge in [-0.15, -0.1) is 0 Å². The Bertz CT molecular complexity index is 2360. The molecule has 1 aliphatic rings. The minimum atomic E-state index is -0.537. The van der Waals surface area contributed by atoms with Gasteiger partial charge < -0.3 is 4.90 Å². The van der Waals surface area contributed by atoms with Crippen LogP contribution in [0.25, 0.3) is 33.4 Å². The number of rotatable bonds is 7. The van der Waals surface area contributed by atoms with Gasteiger partial charge in [-0.2, -0.15) is 0 Å². The highest BCUT2D eigenvalue weighted by molar-refractivity contribution is 5.94. The van der Waals surface area contributed by atoms with Gasteiger partial charge in [-0.25, -0.2) is 0 Å². The van der Waals surface area contributed by atoms with Gasteiger partial charge >= 0.3 is 0 Å². The molecule has 0 aliphatic heterocycles. The zero-order valence-corrected chi connectivity index (χ0v) is 27.7. The van der Waals surface area contributed by atoms with Crippen LogP contribution >= 0.6 is 0 Å². The van der Waals surface area contributed by atoms with Crippen molar-refractivity contribution in [1.29, 1.82) is 0 Å². The summed E-state index contributed by atoms with van der Waals surface area (Å²) >= 11 is 0. The first-order chi connectivity index (χ1) is 24.8. The smallest absolute Gasteiger partial charge is 0.0734 e. The molecule has 0 spiro atoms. The Morgan fingerprint density at radius 1 is 0.320 bits per heavy atom. The van der Waals surface area contributed by atoms with Crippen LogP contribution in [0.15, 0.2) is 212 Å². The summed E-state index contributed by atoms with van der Waals surface area (Å²) in [5, 5.41) is 0. The van der Waals surface area contributed by atoms with E-state index in [1.165, 1.54) is 55.6 Å². The molecule has 1 nitrogen and oxygen atoms in total. The van der Waals surface area contributed by atoms with Gasteiger partial charge in [0.15, 0.2) is 0 Å². The van der Waals surface area contributed by atoms with Crippen molar-refractivity contribution in [3.8, 4) is 33.4 Å². The van der Waals surface area contributed by atoms with Gasteiger partial charge in [0.1, 0.15) is 0 Å². The van der Waals surface area contributed by atoms with Gasteiger partial charge in [0.05, 0.1) is 11.1 Å². The molecule has 0 aromatic heterocycles. The van der Waals surface area contributed by atoms with Gasteiger partial charge in [0.25, 0.3) is 0 Å². The number of benzene rings is 8. The van der Waals surface area contributed by atoms with E-state index in [4.69, 9.17) is 0 Å². The predicted octanol–water partition coefficient (Wildman–Crippen LogP) is 12.9. The minimum absolute atomic E-state index is 0.537. The Morgan fingerprint density at radius 2 is 0.800 bits per heavy atom. The van der Waals surface area contributed by atoms with Crippen molar-refractivity contribution < 1.29 is 0 Å². The summed E-state index contributed by atoms with van der Waals surface area (Å²) < 4.78 is 0. The number of hydrogen-bond donors (Lipinski definition) is 0. The standard InChI is InChI=1S/C49H35N/c1-5-17-36(18-6-1)38-31-33-42(34-32-38)50(43-26-15-21-39(35-43)37-19-7-2-8-20-37)47-30-16-28-45-44-27-13-14-29-46(44)49(48(45)47,40-22-9-3-10-23-40)41-24-11-4-12-25-41/h1-35H. The maximum Gasteiger partial charge on any atom is 0.0734 e. The first-order valence-electron chi connectivity index (χ1n) is 17.3. The van der Waals surface area contributed by atoms with Crippen LogP contribution in [0.2, 0.25) is 0 Å². The molecule has 9 rings (SSSR count). The van der Waals surface area contributed by atoms with Crippen molar-refractivity contribution >= 4 is 17.1 Å². The lowest BCUT2D eigenvalue weighted by Gasteiger charge is -2.38. The van der Waals surface area contributed by atoms with Crippen molar-refractivity contribution in [2.24, 2.45) is 0 Å². The van der Waals surface area contributed by atoms with E-state index in [1.807, 2.05) is 0 Å². The van der Waals surface area contributed by atoms with E-state index in [0.29, 0.717) is 0 Å². The first kappa shape index (κ1) is 29.7. The number of anilines is 3. The van der Waals surface area contributed by atoms with Crippen molar-refractivity contribution in [1.82, 2.24) is 0 Å². The SMILES string of the molecule is c1ccc(-c2ccc(N(c3cccc(-c4ccccc4)c3)c3cccc4c3C(c3ccccc3)(c3ccccc3)c3ccccc3-4)cc2)cc1. The van der Waals surface area contributed by atoms with Crippen molar-refractivity contribution in [2.45, 2.75) is 5.41 Å². The molecule has 0 bridgehead atoms. The molecular formula is C49H35N. The number of nitrogens with zero attached hydrogens (tertiary/aromatic N) is 1. The van der Waals surface area contributed by atoms with E-state index in [-0.39, 0.29) is 0 Å². The largest absolute Gasteiger partial charge is 0.310 e. The highest BCUT2D eigenvalue weighted by Crippen LogP contribution is 2.60. The molecule has 0 N–H and O–H groups in total. The molecular weight excluding hydrogens is 603 g/mol. The maximum atomic E-state index is 2.46. The summed E-state index contributed by atoms with van der Waals surface area (Å²) in [7, 11) is 0. The molecule has 0 radical (unpaired) electrons. The Morgan fingerprint density at radius 3 is 1.44 bits per heavy atom. The minimum Gasteiger partial charge on any atom is -0.310 e. The van der Waals surface area contributed by atoms with Crippen LogP contribution in [0, 0.1) is 0 Å². The van der Waals surface area contributed by atoms with Crippen molar-refractivity contribution in [3.63, 3.8) is 0 Å². The third-order valence-corrected chi connectivity index (χ3v) is 10.1. The Hall–Kier alpha value is -6.44. The summed E-state index contributed by atoms with van der Waals surface area (Å²) in [5.41, 5.74) is 15.2. The molecule has 0 atom stereocenters. The van der Waals surface area contributed by atoms with Crippen LogP contribution in [0.1, 0.15) is 22.3 Å². The Balaban J connectivity index is 1.35. The Kier molecular flexibility index (Phi) is 7.44. The van der Waals surface area contributed by atoms with E-state index in [9.17, 15) is 0 Å². The Labute approximate surface area is 294 Å². The van der Waals surface area contributed by atoms with E-state index in [1.54, 1.807) is 0 Å². The molecule has 236 valence electrons. The average molecular weight is 638 g/mol. The maximum absolute atomic E-state index is 2.46. The fourth-order valence-corrected chi connectivity index (χ4v) is 7.98. The average Bonchev–Trinajstić information content (AvgIpc) is 3.52. The normalized spacial score (nSPS) is 12.6. The highest BCUT2D eigenvalue weighted by Gasteiger charge is 2.48. The second-order valence-electron chi connectivity index (χ2n) is 12.9. The zero-order valence-electron chi connectivity index (χ0n) is 27.7. The molecule has 8 aromatic rings. The van der Waals surface area contributed by atoms with Crippen LogP contribution in [0.3, 0.4) is 0 Å². The van der Waals surface area contributed by atoms with Crippen LogP contribution < -0.4 is 4.90 Å². The molecule has 0 unspecified atom stereocenters. The number of fused-ring (bicyclic) bond motifs is 3. The van der Waals surface area contributed by atoms with Gasteiger partial charge in [0.2, 0.25) is 0 Å². The monoisotopic (exact) mass is 637 g/mol. The molecule has 50 heavy (non-hydrogen) atoms. The van der Waals surface area contributed by atoms with E-state index in [2.05, 4.69) is 217 Å². The predicted molar refractivity (Wildman–Crippen MR) is 209 cm³/mol. The summed E-state index contributed by atoms with van der Waals surface area (Å²) in [6.45, 7) is 0. The van der Waals surface area contributed by atoms with Gasteiger partial charge in [0, 0.05) is 16.9 Å². The fraction of sp³-hybridized carbons (Fsp3) is 0.0204. The lowest BCUT2D eigenvalue weighted by molar-refractivity contribution is 0.768. The van der Waals surface area contributed by atoms with Crippen LogP contribution in [0.4, 0.5) is 17.1 Å². The van der Waals surface area contributed by atoms with Crippen LogP contribution in [0.5, 0.6) is 0 Å². The summed E-state index contributed by atoms with van der Waals surface area (Å²) in [6.07, 6.45) is 0. The fourth-order valence-electron chi connectivity index (χ4n) is 7.98. The zero-order chi connectivity index (χ0) is 33.3. The van der Waals surface area contributed by atoms with Crippen molar-refractivity contribution in [3.05, 3.63) is 235 Å². The molecule has 0 saturated heterocycles. The quantitative estimate of drug-likeness (QED) is 0.168. The van der Waals surface area contributed by atoms with Crippen molar-refractivity contribution in [2.75, 3.05) is 4.90 Å². The second kappa shape index (κ2) is 12.5. The van der Waals surface area contributed by atoms with E-state index in [0.717, 1.165) is 17.1 Å². The molecule has 0 saturated carbocycles. The molecule has 1 aliphatic carbocycles. The van der Waals surface area contributed by atoms with Gasteiger partial charge in [-0.05, 0) is 80.4 Å². The van der Waals surface area contributed by atoms with Crippen LogP contribution in [-0.4, -0.2) is 0 Å². The van der Waals surface area contributed by atoms with Gasteiger partial charge in [-0.1, -0.05) is 182 Å².